The maximum absolute atomic E-state index is 11.0. The number of hydrogen-bond acceptors (Lipinski definition) is 3. The van der Waals surface area contributed by atoms with Gasteiger partial charge >= 0.3 is 5.97 Å². The molecule has 1 saturated heterocycles. The zero-order chi connectivity index (χ0) is 11.2. The average molecular weight is 220 g/mol. The molecule has 1 aliphatic heterocycles. The van der Waals surface area contributed by atoms with Gasteiger partial charge in [0.15, 0.2) is 0 Å². The third-order valence-corrected chi connectivity index (χ3v) is 2.67. The maximum Gasteiger partial charge on any atom is 0.305 e. The molecule has 0 bridgehead atoms. The monoisotopic (exact) mass is 220 g/mol. The van der Waals surface area contributed by atoms with Crippen LogP contribution in [0.15, 0.2) is 30.3 Å². The van der Waals surface area contributed by atoms with Gasteiger partial charge in [0, 0.05) is 6.42 Å². The number of benzene rings is 1. The van der Waals surface area contributed by atoms with Crippen molar-refractivity contribution >= 4 is 5.97 Å². The van der Waals surface area contributed by atoms with Crippen LogP contribution < -0.4 is 0 Å². The van der Waals surface area contributed by atoms with Crippen molar-refractivity contribution < 1.29 is 14.3 Å². The van der Waals surface area contributed by atoms with Crippen molar-refractivity contribution in [2.75, 3.05) is 6.61 Å². The van der Waals surface area contributed by atoms with Crippen molar-refractivity contribution in [2.24, 2.45) is 0 Å². The summed E-state index contributed by atoms with van der Waals surface area (Å²) < 4.78 is 10.8. The van der Waals surface area contributed by atoms with E-state index in [2.05, 4.69) is 0 Å². The van der Waals surface area contributed by atoms with E-state index in [9.17, 15) is 4.79 Å². The molecule has 16 heavy (non-hydrogen) atoms. The maximum atomic E-state index is 11.0. The third kappa shape index (κ3) is 3.35. The molecule has 1 atom stereocenters. The fourth-order valence-corrected chi connectivity index (χ4v) is 1.74. The topological polar surface area (TPSA) is 35.5 Å². The second-order valence-electron chi connectivity index (χ2n) is 3.99. The van der Waals surface area contributed by atoms with Crippen LogP contribution in [0, 0.1) is 0 Å². The lowest BCUT2D eigenvalue weighted by Crippen LogP contribution is -2.18. The minimum atomic E-state index is -0.106. The summed E-state index contributed by atoms with van der Waals surface area (Å²) in [5.74, 6) is -0.106. The van der Waals surface area contributed by atoms with Crippen molar-refractivity contribution in [1.82, 2.24) is 0 Å². The van der Waals surface area contributed by atoms with Crippen LogP contribution in [0.25, 0.3) is 0 Å². The Hall–Kier alpha value is -1.35. The molecule has 0 N–H and O–H groups in total. The van der Waals surface area contributed by atoms with E-state index in [0.29, 0.717) is 19.6 Å². The van der Waals surface area contributed by atoms with Crippen molar-refractivity contribution in [3.8, 4) is 0 Å². The lowest BCUT2D eigenvalue weighted by atomic mass is 10.2. The minimum absolute atomic E-state index is 0.0478. The normalized spacial score (nSPS) is 21.2. The number of carbonyl (C=O) groups is 1. The molecule has 3 nitrogen and oxygen atoms in total. The van der Waals surface area contributed by atoms with Crippen molar-refractivity contribution in [3.05, 3.63) is 35.9 Å². The van der Waals surface area contributed by atoms with Crippen LogP contribution in [0.3, 0.4) is 0 Å². The molecule has 0 radical (unpaired) electrons. The van der Waals surface area contributed by atoms with Crippen LogP contribution in [-0.4, -0.2) is 18.7 Å². The highest BCUT2D eigenvalue weighted by Crippen LogP contribution is 2.13. The third-order valence-electron chi connectivity index (χ3n) is 2.67. The highest BCUT2D eigenvalue weighted by atomic mass is 16.6. The predicted octanol–water partition coefficient (Wildman–Crippen LogP) is 2.30. The fourth-order valence-electron chi connectivity index (χ4n) is 1.74. The number of esters is 1. The largest absolute Gasteiger partial charge is 0.463 e. The van der Waals surface area contributed by atoms with Gasteiger partial charge in [-0.1, -0.05) is 30.3 Å². The molecule has 1 aliphatic rings. The smallest absolute Gasteiger partial charge is 0.305 e. The Morgan fingerprint density at radius 2 is 2.12 bits per heavy atom. The quantitative estimate of drug-likeness (QED) is 0.733. The Kier molecular flexibility index (Phi) is 3.94. The number of ether oxygens (including phenoxy) is 2. The summed E-state index contributed by atoms with van der Waals surface area (Å²) in [6.45, 7) is 0.981. The van der Waals surface area contributed by atoms with Gasteiger partial charge in [0.2, 0.25) is 0 Å². The van der Waals surface area contributed by atoms with E-state index in [4.69, 9.17) is 9.47 Å². The molecule has 0 amide bonds. The molecule has 1 aromatic carbocycles. The standard InChI is InChI=1S/C13H16O3/c14-13-8-4-7-12(10-16-13)15-9-11-5-2-1-3-6-11/h1-3,5-6,12H,4,7-10H2. The molecule has 1 fully saturated rings. The predicted molar refractivity (Wildman–Crippen MR) is 59.8 cm³/mol. The summed E-state index contributed by atoms with van der Waals surface area (Å²) in [7, 11) is 0. The van der Waals surface area contributed by atoms with E-state index in [1.807, 2.05) is 30.3 Å². The van der Waals surface area contributed by atoms with Gasteiger partial charge in [0.05, 0.1) is 12.7 Å². The van der Waals surface area contributed by atoms with Gasteiger partial charge < -0.3 is 9.47 Å². The van der Waals surface area contributed by atoms with Crippen LogP contribution >= 0.6 is 0 Å². The lowest BCUT2D eigenvalue weighted by molar-refractivity contribution is -0.145. The Morgan fingerprint density at radius 1 is 1.31 bits per heavy atom. The average Bonchev–Trinajstić information content (AvgIpc) is 2.53. The molecule has 1 heterocycles. The Bertz CT molecular complexity index is 334. The van der Waals surface area contributed by atoms with Crippen LogP contribution in [0.2, 0.25) is 0 Å². The SMILES string of the molecule is O=C1CCCC(OCc2ccccc2)CO1. The highest BCUT2D eigenvalue weighted by molar-refractivity contribution is 5.69. The number of rotatable bonds is 3. The summed E-state index contributed by atoms with van der Waals surface area (Å²) >= 11 is 0. The highest BCUT2D eigenvalue weighted by Gasteiger charge is 2.17. The van der Waals surface area contributed by atoms with Crippen LogP contribution in [0.1, 0.15) is 24.8 Å². The molecular weight excluding hydrogens is 204 g/mol. The van der Waals surface area contributed by atoms with Gasteiger partial charge in [-0.05, 0) is 18.4 Å². The fraction of sp³-hybridized carbons (Fsp3) is 0.462. The molecule has 1 unspecified atom stereocenters. The second kappa shape index (κ2) is 5.66. The van der Waals surface area contributed by atoms with Gasteiger partial charge in [0.25, 0.3) is 0 Å². The van der Waals surface area contributed by atoms with Gasteiger partial charge in [-0.3, -0.25) is 4.79 Å². The first-order chi connectivity index (χ1) is 7.84. The van der Waals surface area contributed by atoms with E-state index < -0.39 is 0 Å². The minimum Gasteiger partial charge on any atom is -0.463 e. The summed E-state index contributed by atoms with van der Waals surface area (Å²) in [4.78, 5) is 11.0. The van der Waals surface area contributed by atoms with Crippen molar-refractivity contribution in [3.63, 3.8) is 0 Å². The molecule has 1 aromatic rings. The molecule has 0 saturated carbocycles. The lowest BCUT2D eigenvalue weighted by Gasteiger charge is -2.14. The van der Waals surface area contributed by atoms with Crippen molar-refractivity contribution in [1.29, 1.82) is 0 Å². The summed E-state index contributed by atoms with van der Waals surface area (Å²) in [6.07, 6.45) is 2.33. The van der Waals surface area contributed by atoms with E-state index in [-0.39, 0.29) is 12.1 Å². The molecule has 3 heteroatoms. The molecular formula is C13H16O3. The summed E-state index contributed by atoms with van der Waals surface area (Å²) in [5.41, 5.74) is 1.15. The number of cyclic esters (lactones) is 1. The first-order valence-corrected chi connectivity index (χ1v) is 5.66. The molecule has 2 rings (SSSR count). The van der Waals surface area contributed by atoms with Gasteiger partial charge in [-0.25, -0.2) is 0 Å². The molecule has 0 spiro atoms. The van der Waals surface area contributed by atoms with E-state index in [1.165, 1.54) is 0 Å². The molecule has 0 aliphatic carbocycles. The van der Waals surface area contributed by atoms with Crippen LogP contribution in [-0.2, 0) is 20.9 Å². The number of hydrogen-bond donors (Lipinski definition) is 0. The zero-order valence-electron chi connectivity index (χ0n) is 9.22. The first-order valence-electron chi connectivity index (χ1n) is 5.66. The van der Waals surface area contributed by atoms with E-state index >= 15 is 0 Å². The Balaban J connectivity index is 1.79. The van der Waals surface area contributed by atoms with Gasteiger partial charge in [0.1, 0.15) is 6.61 Å². The van der Waals surface area contributed by atoms with Crippen LogP contribution in [0.4, 0.5) is 0 Å². The van der Waals surface area contributed by atoms with E-state index in [1.54, 1.807) is 0 Å². The second-order valence-corrected chi connectivity index (χ2v) is 3.99. The molecule has 0 aromatic heterocycles. The first kappa shape index (κ1) is 11.1. The van der Waals surface area contributed by atoms with E-state index in [0.717, 1.165) is 18.4 Å². The van der Waals surface area contributed by atoms with Gasteiger partial charge in [-0.15, -0.1) is 0 Å². The molecule has 86 valence electrons. The Morgan fingerprint density at radius 3 is 2.94 bits per heavy atom. The van der Waals surface area contributed by atoms with Crippen molar-refractivity contribution in [2.45, 2.75) is 32.0 Å². The summed E-state index contributed by atoms with van der Waals surface area (Å²) in [5, 5.41) is 0. The number of carbonyl (C=O) groups excluding carboxylic acids is 1. The summed E-state index contributed by atoms with van der Waals surface area (Å²) in [6, 6.07) is 10.0. The Labute approximate surface area is 95.4 Å². The zero-order valence-corrected chi connectivity index (χ0v) is 9.22. The van der Waals surface area contributed by atoms with Crippen LogP contribution in [0.5, 0.6) is 0 Å². The van der Waals surface area contributed by atoms with Gasteiger partial charge in [-0.2, -0.15) is 0 Å².